The van der Waals surface area contributed by atoms with E-state index in [0.29, 0.717) is 11.3 Å². The summed E-state index contributed by atoms with van der Waals surface area (Å²) in [4.78, 5) is 18.4. The van der Waals surface area contributed by atoms with E-state index in [0.717, 1.165) is 112 Å². The fourth-order valence-electron chi connectivity index (χ4n) is 10.2. The molecule has 0 saturated carbocycles. The van der Waals surface area contributed by atoms with Gasteiger partial charge in [0.1, 0.15) is 11.6 Å². The molecule has 8 heteroatoms. The molecule has 2 heterocycles. The van der Waals surface area contributed by atoms with Gasteiger partial charge in [-0.15, -0.1) is 0 Å². The van der Waals surface area contributed by atoms with Gasteiger partial charge in [0.05, 0.1) is 40.3 Å². The maximum atomic E-state index is 9.71. The number of imidazole rings is 2. The van der Waals surface area contributed by atoms with Crippen LogP contribution in [0.3, 0.4) is 0 Å². The Balaban J connectivity index is 0.867. The molecule has 74 heavy (non-hydrogen) atoms. The van der Waals surface area contributed by atoms with Crippen molar-refractivity contribution in [2.75, 3.05) is 9.80 Å². The van der Waals surface area contributed by atoms with Crippen LogP contribution in [0.25, 0.3) is 82.6 Å². The van der Waals surface area contributed by atoms with Crippen LogP contribution < -0.4 is 9.80 Å². The lowest BCUT2D eigenvalue weighted by Crippen LogP contribution is -2.10. The van der Waals surface area contributed by atoms with E-state index in [1.54, 1.807) is 0 Å². The first kappa shape index (κ1) is 43.5. The Labute approximate surface area is 427 Å². The SMILES string of the molecule is [C-]#[N+]c1ccc(N(c2ccc(-c3nc4ccccc4n3-c3ccccc3)cc2)c2ccc3c(ccc4cc(N(c5ccc(C#N)cc5)c5ccc(-c6nc7ccccc7n6-c6ccccc6)cc5)ccc43)c2)cc1. The zero-order valence-corrected chi connectivity index (χ0v) is 39.8. The zero-order valence-electron chi connectivity index (χ0n) is 39.8. The van der Waals surface area contributed by atoms with E-state index in [-0.39, 0.29) is 0 Å². The molecule has 0 fully saturated rings. The summed E-state index contributed by atoms with van der Waals surface area (Å²) in [6, 6.07) is 89.8. The Hall–Kier alpha value is -10.5. The minimum atomic E-state index is 0.587. The standard InChI is InChI=1S/C66H42N8/c1-68-50-28-36-56(37-29-50)72(55-34-26-47(27-35-55)66-70-62-17-9-11-19-64(62)74(66)52-14-6-3-7-15-52)58-39-41-60-49(43-58)23-22-48-42-57(38-40-59(48)60)71(53-30-20-45(44-67)21-31-53)54-32-24-46(25-33-54)65-69-61-16-8-10-18-63(61)73(65)51-12-4-2-5-13-51/h2-43H. The van der Waals surface area contributed by atoms with Gasteiger partial charge in [0, 0.05) is 56.6 Å². The third-order valence-corrected chi connectivity index (χ3v) is 13.7. The molecular formula is C66H42N8. The molecule has 0 bridgehead atoms. The number of nitriles is 1. The van der Waals surface area contributed by atoms with Gasteiger partial charge in [-0.25, -0.2) is 14.8 Å². The summed E-state index contributed by atoms with van der Waals surface area (Å²) in [7, 11) is 0. The summed E-state index contributed by atoms with van der Waals surface area (Å²) in [6.07, 6.45) is 0. The smallest absolute Gasteiger partial charge is 0.187 e. The molecule has 8 nitrogen and oxygen atoms in total. The lowest BCUT2D eigenvalue weighted by Gasteiger charge is -2.27. The quantitative estimate of drug-likeness (QED) is 0.101. The molecule has 0 amide bonds. The van der Waals surface area contributed by atoms with Crippen molar-refractivity contribution < 1.29 is 0 Å². The first-order valence-electron chi connectivity index (χ1n) is 24.4. The molecule has 13 rings (SSSR count). The fraction of sp³-hybridized carbons (Fsp3) is 0. The van der Waals surface area contributed by atoms with Crippen LogP contribution in [0.15, 0.2) is 255 Å². The average Bonchev–Trinajstić information content (AvgIpc) is 4.06. The third kappa shape index (κ3) is 7.73. The second kappa shape index (κ2) is 18.3. The summed E-state index contributed by atoms with van der Waals surface area (Å²) in [5, 5.41) is 14.2. The van der Waals surface area contributed by atoms with Crippen molar-refractivity contribution in [1.82, 2.24) is 19.1 Å². The van der Waals surface area contributed by atoms with Gasteiger partial charge < -0.3 is 9.80 Å². The maximum Gasteiger partial charge on any atom is 0.187 e. The van der Waals surface area contributed by atoms with Gasteiger partial charge >= 0.3 is 0 Å². The number of hydrogen-bond donors (Lipinski definition) is 0. The van der Waals surface area contributed by atoms with Crippen LogP contribution in [0.1, 0.15) is 5.56 Å². The topological polar surface area (TPSA) is 70.3 Å². The Kier molecular flexibility index (Phi) is 10.8. The highest BCUT2D eigenvalue weighted by Gasteiger charge is 2.20. The summed E-state index contributed by atoms with van der Waals surface area (Å²) < 4.78 is 4.43. The van der Waals surface area contributed by atoms with E-state index >= 15 is 0 Å². The number of hydrogen-bond acceptors (Lipinski definition) is 5. The van der Waals surface area contributed by atoms with E-state index in [2.05, 4.69) is 212 Å². The second-order valence-electron chi connectivity index (χ2n) is 18.1. The highest BCUT2D eigenvalue weighted by molar-refractivity contribution is 6.10. The monoisotopic (exact) mass is 946 g/mol. The minimum absolute atomic E-state index is 0.587. The van der Waals surface area contributed by atoms with Crippen LogP contribution in [0, 0.1) is 17.9 Å². The Bertz CT molecular complexity index is 4020. The van der Waals surface area contributed by atoms with Gasteiger partial charge in [-0.2, -0.15) is 5.26 Å². The number of para-hydroxylation sites is 6. The first-order valence-corrected chi connectivity index (χ1v) is 24.4. The third-order valence-electron chi connectivity index (χ3n) is 13.7. The summed E-state index contributed by atoms with van der Waals surface area (Å²) in [5.74, 6) is 1.73. The average molecular weight is 947 g/mol. The minimum Gasteiger partial charge on any atom is -0.311 e. The molecule has 0 spiro atoms. The Morgan fingerprint density at radius 3 is 1.19 bits per heavy atom. The molecule has 0 atom stereocenters. The van der Waals surface area contributed by atoms with Gasteiger partial charge in [0.2, 0.25) is 0 Å². The van der Waals surface area contributed by atoms with Crippen molar-refractivity contribution in [3.8, 4) is 40.2 Å². The molecule has 0 aliphatic carbocycles. The molecule has 0 radical (unpaired) electrons. The normalized spacial score (nSPS) is 11.2. The Morgan fingerprint density at radius 2 is 0.770 bits per heavy atom. The molecule has 13 aromatic rings. The number of nitrogens with zero attached hydrogens (tertiary/aromatic N) is 8. The van der Waals surface area contributed by atoms with E-state index in [1.165, 1.54) is 0 Å². The largest absolute Gasteiger partial charge is 0.311 e. The van der Waals surface area contributed by atoms with Crippen LogP contribution in [0.4, 0.5) is 39.8 Å². The molecule has 0 N–H and O–H groups in total. The van der Waals surface area contributed by atoms with Crippen LogP contribution >= 0.6 is 0 Å². The van der Waals surface area contributed by atoms with Crippen molar-refractivity contribution in [3.05, 3.63) is 272 Å². The number of fused-ring (bicyclic) bond motifs is 5. The number of aromatic nitrogens is 4. The van der Waals surface area contributed by atoms with Crippen molar-refractivity contribution in [2.45, 2.75) is 0 Å². The summed E-state index contributed by atoms with van der Waals surface area (Å²) in [5.41, 5.74) is 15.0. The van der Waals surface area contributed by atoms with Gasteiger partial charge in [0.15, 0.2) is 5.69 Å². The highest BCUT2D eigenvalue weighted by Crippen LogP contribution is 2.42. The van der Waals surface area contributed by atoms with Gasteiger partial charge in [-0.1, -0.05) is 97.1 Å². The van der Waals surface area contributed by atoms with E-state index in [1.807, 2.05) is 72.8 Å². The second-order valence-corrected chi connectivity index (χ2v) is 18.1. The molecule has 0 aliphatic rings. The molecule has 2 aromatic heterocycles. The van der Waals surface area contributed by atoms with Gasteiger partial charge in [-0.05, 0) is 179 Å². The van der Waals surface area contributed by atoms with Crippen molar-refractivity contribution in [3.63, 3.8) is 0 Å². The van der Waals surface area contributed by atoms with Crippen LogP contribution in [-0.4, -0.2) is 19.1 Å². The molecule has 0 unspecified atom stereocenters. The molecule has 0 saturated heterocycles. The van der Waals surface area contributed by atoms with Crippen LogP contribution in [0.5, 0.6) is 0 Å². The predicted octanol–water partition coefficient (Wildman–Crippen LogP) is 17.4. The van der Waals surface area contributed by atoms with Gasteiger partial charge in [0.25, 0.3) is 0 Å². The molecule has 11 aromatic carbocycles. The lowest BCUT2D eigenvalue weighted by atomic mass is 10.00. The van der Waals surface area contributed by atoms with E-state index < -0.39 is 0 Å². The van der Waals surface area contributed by atoms with E-state index in [9.17, 15) is 5.26 Å². The summed E-state index contributed by atoms with van der Waals surface area (Å²) >= 11 is 0. The number of rotatable bonds is 10. The zero-order chi connectivity index (χ0) is 49.5. The van der Waals surface area contributed by atoms with Crippen LogP contribution in [-0.2, 0) is 0 Å². The molecule has 346 valence electrons. The lowest BCUT2D eigenvalue weighted by molar-refractivity contribution is 1.10. The number of benzene rings is 11. The Morgan fingerprint density at radius 1 is 0.392 bits per heavy atom. The van der Waals surface area contributed by atoms with Crippen molar-refractivity contribution in [1.29, 1.82) is 5.26 Å². The summed E-state index contributed by atoms with van der Waals surface area (Å²) in [6.45, 7) is 7.64. The van der Waals surface area contributed by atoms with Crippen molar-refractivity contribution in [2.24, 2.45) is 0 Å². The predicted molar refractivity (Wildman–Crippen MR) is 302 cm³/mol. The fourth-order valence-corrected chi connectivity index (χ4v) is 10.2. The van der Waals surface area contributed by atoms with Crippen molar-refractivity contribution >= 4 is 83.4 Å². The first-order chi connectivity index (χ1) is 36.6. The molecular weight excluding hydrogens is 905 g/mol. The number of anilines is 6. The van der Waals surface area contributed by atoms with Crippen LogP contribution in [0.2, 0.25) is 0 Å². The molecule has 0 aliphatic heterocycles. The highest BCUT2D eigenvalue weighted by atomic mass is 15.2. The van der Waals surface area contributed by atoms with E-state index in [4.69, 9.17) is 16.5 Å². The maximum absolute atomic E-state index is 9.71. The van der Waals surface area contributed by atoms with Gasteiger partial charge in [-0.3, -0.25) is 9.13 Å².